The molecular weight excluding hydrogens is 237 g/mol. The fourth-order valence-corrected chi connectivity index (χ4v) is 1.25. The van der Waals surface area contributed by atoms with Gasteiger partial charge in [-0.25, -0.2) is 0 Å². The Bertz CT molecular complexity index is 352. The van der Waals surface area contributed by atoms with Crippen LogP contribution in [0.1, 0.15) is 12.0 Å². The molecule has 1 atom stereocenters. The van der Waals surface area contributed by atoms with E-state index < -0.39 is 17.8 Å². The molecule has 0 saturated heterocycles. The van der Waals surface area contributed by atoms with Crippen LogP contribution in [0.4, 0.5) is 13.2 Å². The maximum absolute atomic E-state index is 12.5. The summed E-state index contributed by atoms with van der Waals surface area (Å²) in [5, 5.41) is 17.8. The van der Waals surface area contributed by atoms with Gasteiger partial charge in [-0.15, -0.1) is 0 Å². The van der Waals surface area contributed by atoms with Gasteiger partial charge < -0.3 is 14.9 Å². The van der Waals surface area contributed by atoms with Crippen molar-refractivity contribution in [2.24, 2.45) is 0 Å². The van der Waals surface area contributed by atoms with Crippen LogP contribution in [0.5, 0.6) is 5.75 Å². The molecule has 0 spiro atoms. The largest absolute Gasteiger partial charge is 0.490 e. The van der Waals surface area contributed by atoms with E-state index in [-0.39, 0.29) is 25.4 Å². The first-order valence-corrected chi connectivity index (χ1v) is 5.03. The third-order valence-electron chi connectivity index (χ3n) is 2.09. The third kappa shape index (κ3) is 4.24. The van der Waals surface area contributed by atoms with E-state index in [0.717, 1.165) is 6.07 Å². The third-order valence-corrected chi connectivity index (χ3v) is 2.09. The molecule has 1 aromatic carbocycles. The van der Waals surface area contributed by atoms with Crippen molar-refractivity contribution < 1.29 is 28.1 Å². The molecule has 3 nitrogen and oxygen atoms in total. The molecule has 0 amide bonds. The van der Waals surface area contributed by atoms with Gasteiger partial charge in [-0.3, -0.25) is 0 Å². The molecule has 17 heavy (non-hydrogen) atoms. The number of hydrogen-bond donors (Lipinski definition) is 2. The van der Waals surface area contributed by atoms with E-state index in [1.807, 2.05) is 0 Å². The van der Waals surface area contributed by atoms with E-state index in [1.165, 1.54) is 18.2 Å². The van der Waals surface area contributed by atoms with Gasteiger partial charge in [0.15, 0.2) is 0 Å². The lowest BCUT2D eigenvalue weighted by Gasteiger charge is -2.15. The van der Waals surface area contributed by atoms with Gasteiger partial charge in [-0.1, -0.05) is 12.1 Å². The molecule has 0 aromatic heterocycles. The summed E-state index contributed by atoms with van der Waals surface area (Å²) in [7, 11) is 0. The van der Waals surface area contributed by atoms with Crippen LogP contribution in [0.15, 0.2) is 24.3 Å². The molecule has 0 saturated carbocycles. The van der Waals surface area contributed by atoms with E-state index >= 15 is 0 Å². The maximum Gasteiger partial charge on any atom is 0.419 e. The van der Waals surface area contributed by atoms with Crippen LogP contribution in [0.2, 0.25) is 0 Å². The molecule has 1 aromatic rings. The highest BCUT2D eigenvalue weighted by atomic mass is 19.4. The van der Waals surface area contributed by atoms with Gasteiger partial charge in [0.1, 0.15) is 12.4 Å². The molecule has 0 fully saturated rings. The number of alkyl halides is 3. The number of ether oxygens (including phenoxy) is 1. The quantitative estimate of drug-likeness (QED) is 0.838. The normalized spacial score (nSPS) is 13.5. The average Bonchev–Trinajstić information content (AvgIpc) is 2.26. The predicted octanol–water partition coefficient (Wildman–Crippen LogP) is 1.83. The second kappa shape index (κ2) is 5.88. The summed E-state index contributed by atoms with van der Waals surface area (Å²) in [6.07, 6.45) is -5.41. The zero-order chi connectivity index (χ0) is 12.9. The highest BCUT2D eigenvalue weighted by Crippen LogP contribution is 2.35. The van der Waals surface area contributed by atoms with Crippen molar-refractivity contribution in [2.75, 3.05) is 13.2 Å². The zero-order valence-corrected chi connectivity index (χ0v) is 8.94. The molecule has 96 valence electrons. The van der Waals surface area contributed by atoms with Gasteiger partial charge >= 0.3 is 6.18 Å². The van der Waals surface area contributed by atoms with Crippen LogP contribution >= 0.6 is 0 Å². The van der Waals surface area contributed by atoms with Gasteiger partial charge in [-0.2, -0.15) is 13.2 Å². The summed E-state index contributed by atoms with van der Waals surface area (Å²) >= 11 is 0. The monoisotopic (exact) mass is 250 g/mol. The highest BCUT2D eigenvalue weighted by molar-refractivity contribution is 5.35. The van der Waals surface area contributed by atoms with Gasteiger partial charge in [-0.05, 0) is 18.6 Å². The van der Waals surface area contributed by atoms with Gasteiger partial charge in [0.2, 0.25) is 0 Å². The number of para-hydroxylation sites is 1. The predicted molar refractivity (Wildman–Crippen MR) is 54.6 cm³/mol. The fraction of sp³-hybridized carbons (Fsp3) is 0.455. The van der Waals surface area contributed by atoms with Crippen LogP contribution in [0.3, 0.4) is 0 Å². The highest BCUT2D eigenvalue weighted by Gasteiger charge is 2.34. The lowest BCUT2D eigenvalue weighted by Crippen LogP contribution is -2.20. The molecule has 0 radical (unpaired) electrons. The van der Waals surface area contributed by atoms with E-state index in [9.17, 15) is 18.3 Å². The van der Waals surface area contributed by atoms with Crippen molar-refractivity contribution in [1.29, 1.82) is 0 Å². The lowest BCUT2D eigenvalue weighted by molar-refractivity contribution is -0.139. The summed E-state index contributed by atoms with van der Waals surface area (Å²) < 4.78 is 42.5. The Morgan fingerprint density at radius 1 is 1.24 bits per heavy atom. The number of hydrogen-bond acceptors (Lipinski definition) is 3. The van der Waals surface area contributed by atoms with Crippen molar-refractivity contribution in [1.82, 2.24) is 0 Å². The van der Waals surface area contributed by atoms with Gasteiger partial charge in [0, 0.05) is 6.61 Å². The maximum atomic E-state index is 12.5. The van der Waals surface area contributed by atoms with Crippen LogP contribution in [-0.2, 0) is 6.18 Å². The van der Waals surface area contributed by atoms with E-state index in [4.69, 9.17) is 9.84 Å². The Balaban J connectivity index is 2.71. The van der Waals surface area contributed by atoms with Crippen LogP contribution in [0.25, 0.3) is 0 Å². The summed E-state index contributed by atoms with van der Waals surface area (Å²) in [6, 6.07) is 4.78. The minimum absolute atomic E-state index is 0.0637. The minimum Gasteiger partial charge on any atom is -0.490 e. The first kappa shape index (κ1) is 13.8. The number of halogens is 3. The van der Waals surface area contributed by atoms with Gasteiger partial charge in [0.05, 0.1) is 11.7 Å². The van der Waals surface area contributed by atoms with E-state index in [2.05, 4.69) is 0 Å². The topological polar surface area (TPSA) is 49.7 Å². The molecule has 0 aliphatic carbocycles. The Labute approximate surface area is 96.5 Å². The molecule has 0 heterocycles. The Hall–Kier alpha value is -1.27. The molecule has 1 unspecified atom stereocenters. The number of aliphatic hydroxyl groups is 2. The molecule has 6 heteroatoms. The van der Waals surface area contributed by atoms with E-state index in [0.29, 0.717) is 0 Å². The summed E-state index contributed by atoms with van der Waals surface area (Å²) in [6.45, 7) is -0.529. The Morgan fingerprint density at radius 2 is 1.88 bits per heavy atom. The smallest absolute Gasteiger partial charge is 0.419 e. The first-order chi connectivity index (χ1) is 7.95. The van der Waals surface area contributed by atoms with E-state index in [1.54, 1.807) is 0 Å². The second-order valence-corrected chi connectivity index (χ2v) is 3.47. The summed E-state index contributed by atoms with van der Waals surface area (Å²) in [4.78, 5) is 0. The molecule has 0 aliphatic heterocycles. The molecule has 1 rings (SSSR count). The van der Waals surface area contributed by atoms with Crippen molar-refractivity contribution >= 4 is 0 Å². The van der Waals surface area contributed by atoms with Gasteiger partial charge in [0.25, 0.3) is 0 Å². The first-order valence-electron chi connectivity index (χ1n) is 5.03. The molecule has 2 N–H and O–H groups in total. The number of aliphatic hydroxyl groups excluding tert-OH is 2. The van der Waals surface area contributed by atoms with Crippen LogP contribution in [-0.4, -0.2) is 29.5 Å². The average molecular weight is 250 g/mol. The summed E-state index contributed by atoms with van der Waals surface area (Å²) in [5.41, 5.74) is -0.879. The van der Waals surface area contributed by atoms with Crippen molar-refractivity contribution in [3.8, 4) is 5.75 Å². The van der Waals surface area contributed by atoms with Crippen LogP contribution < -0.4 is 4.74 Å². The van der Waals surface area contributed by atoms with Crippen molar-refractivity contribution in [3.05, 3.63) is 29.8 Å². The lowest BCUT2D eigenvalue weighted by atomic mass is 10.2. The second-order valence-electron chi connectivity index (χ2n) is 3.47. The molecular formula is C11H13F3O3. The minimum atomic E-state index is -4.49. The molecule has 0 aliphatic rings. The summed E-state index contributed by atoms with van der Waals surface area (Å²) in [5.74, 6) is -0.322. The Morgan fingerprint density at radius 3 is 2.47 bits per heavy atom. The standard InChI is InChI=1S/C11H13F3O3/c12-11(13,14)9-3-1-2-4-10(9)17-7-8(16)5-6-15/h1-4,8,15-16H,5-7H2. The molecule has 0 bridgehead atoms. The SMILES string of the molecule is OCCC(O)COc1ccccc1C(F)(F)F. The number of benzene rings is 1. The number of rotatable bonds is 5. The van der Waals surface area contributed by atoms with Crippen molar-refractivity contribution in [3.63, 3.8) is 0 Å². The fourth-order valence-electron chi connectivity index (χ4n) is 1.25. The van der Waals surface area contributed by atoms with Crippen molar-refractivity contribution in [2.45, 2.75) is 18.7 Å². The zero-order valence-electron chi connectivity index (χ0n) is 8.94. The Kier molecular flexibility index (Phi) is 4.77. The van der Waals surface area contributed by atoms with Crippen LogP contribution in [0, 0.1) is 0 Å².